The Hall–Kier alpha value is -2.42. The van der Waals surface area contributed by atoms with Gasteiger partial charge in [-0.2, -0.15) is 12.6 Å². The largest absolute Gasteiger partial charge is 0.508 e. The maximum absolute atomic E-state index is 13.8. The minimum atomic E-state index is -1.02. The van der Waals surface area contributed by atoms with Crippen LogP contribution >= 0.6 is 12.6 Å². The molecule has 0 radical (unpaired) electrons. The molecule has 0 heterocycles. The number of phenols is 1. The highest BCUT2D eigenvalue weighted by Gasteiger charge is 2.41. The second kappa shape index (κ2) is 11.1. The fourth-order valence-corrected chi connectivity index (χ4v) is 3.53. The number of rotatable bonds is 7. The van der Waals surface area contributed by atoms with Gasteiger partial charge < -0.3 is 25.4 Å². The van der Waals surface area contributed by atoms with Crippen molar-refractivity contribution in [2.24, 2.45) is 0 Å². The number of nitrogens with zero attached hydrogens (tertiary/aromatic N) is 1. The Morgan fingerprint density at radius 3 is 2.09 bits per heavy atom. The first-order chi connectivity index (χ1) is 15.0. The summed E-state index contributed by atoms with van der Waals surface area (Å²) < 4.78 is 5.30. The number of hydrogen-bond donors (Lipinski definition) is 4. The molecule has 9 heteroatoms. The van der Waals surface area contributed by atoms with E-state index in [4.69, 9.17) is 4.74 Å². The van der Waals surface area contributed by atoms with Gasteiger partial charge in [-0.05, 0) is 85.6 Å². The van der Waals surface area contributed by atoms with E-state index in [1.54, 1.807) is 39.8 Å². The molecule has 3 N–H and O–H groups in total. The number of carbonyl (C=O) groups excluding carboxylic acids is 3. The average Bonchev–Trinajstić information content (AvgIpc) is 2.62. The van der Waals surface area contributed by atoms with Crippen LogP contribution in [-0.4, -0.2) is 56.9 Å². The molecule has 8 nitrogen and oxygen atoms in total. The number of alkyl carbamates (subject to hydrolysis) is 1. The number of ether oxygens (including phenoxy) is 1. The van der Waals surface area contributed by atoms with Gasteiger partial charge in [-0.25, -0.2) is 4.79 Å². The molecule has 0 spiro atoms. The number of amides is 3. The quantitative estimate of drug-likeness (QED) is 0.444. The van der Waals surface area contributed by atoms with Gasteiger partial charge in [0.2, 0.25) is 11.8 Å². The first-order valence-electron chi connectivity index (χ1n) is 11.0. The third-order valence-corrected chi connectivity index (χ3v) is 4.97. The van der Waals surface area contributed by atoms with Crippen LogP contribution in [0, 0.1) is 6.92 Å². The number of nitrogens with one attached hydrogen (secondary N) is 2. The van der Waals surface area contributed by atoms with Crippen molar-refractivity contribution in [2.45, 2.75) is 91.6 Å². The molecular weight excluding hydrogens is 442 g/mol. The van der Waals surface area contributed by atoms with Gasteiger partial charge in [-0.1, -0.05) is 6.07 Å². The monoisotopic (exact) mass is 481 g/mol. The number of aryl methyl sites for hydroxylation is 1. The number of benzene rings is 1. The van der Waals surface area contributed by atoms with E-state index in [0.717, 1.165) is 0 Å². The fourth-order valence-electron chi connectivity index (χ4n) is 3.28. The van der Waals surface area contributed by atoms with Crippen LogP contribution in [0.2, 0.25) is 0 Å². The summed E-state index contributed by atoms with van der Waals surface area (Å²) in [5.41, 5.74) is -0.407. The maximum Gasteiger partial charge on any atom is 0.408 e. The molecule has 0 aromatic heterocycles. The van der Waals surface area contributed by atoms with Crippen LogP contribution in [-0.2, 0) is 14.3 Å². The van der Waals surface area contributed by atoms with Crippen LogP contribution in [0.3, 0.4) is 0 Å². The summed E-state index contributed by atoms with van der Waals surface area (Å²) in [5.74, 6) is -0.737. The van der Waals surface area contributed by atoms with E-state index < -0.39 is 35.2 Å². The summed E-state index contributed by atoms with van der Waals surface area (Å²) in [6.45, 7) is 16.0. The van der Waals surface area contributed by atoms with Crippen molar-refractivity contribution in [3.63, 3.8) is 0 Å². The van der Waals surface area contributed by atoms with Crippen LogP contribution in [0.4, 0.5) is 4.79 Å². The molecule has 0 saturated heterocycles. The zero-order valence-electron chi connectivity index (χ0n) is 21.1. The predicted molar refractivity (Wildman–Crippen MR) is 132 cm³/mol. The molecule has 1 aromatic rings. The Balaban J connectivity index is 3.50. The highest BCUT2D eigenvalue weighted by molar-refractivity contribution is 7.80. The second-order valence-electron chi connectivity index (χ2n) is 10.4. The molecule has 33 heavy (non-hydrogen) atoms. The van der Waals surface area contributed by atoms with Crippen molar-refractivity contribution in [1.82, 2.24) is 15.5 Å². The topological polar surface area (TPSA) is 108 Å². The summed E-state index contributed by atoms with van der Waals surface area (Å²) in [6, 6.07) is 2.63. The minimum Gasteiger partial charge on any atom is -0.508 e. The van der Waals surface area contributed by atoms with Gasteiger partial charge in [-0.3, -0.25) is 9.59 Å². The summed E-state index contributed by atoms with van der Waals surface area (Å²) in [6.07, 6.45) is -0.743. The van der Waals surface area contributed by atoms with E-state index in [0.29, 0.717) is 11.1 Å². The zero-order chi connectivity index (χ0) is 25.7. The molecule has 0 aliphatic heterocycles. The van der Waals surface area contributed by atoms with Gasteiger partial charge in [0, 0.05) is 17.3 Å². The fraction of sp³-hybridized carbons (Fsp3) is 0.625. The summed E-state index contributed by atoms with van der Waals surface area (Å²) in [7, 11) is 0. The smallest absolute Gasteiger partial charge is 0.408 e. The average molecular weight is 482 g/mol. The van der Waals surface area contributed by atoms with E-state index in [9.17, 15) is 19.5 Å². The van der Waals surface area contributed by atoms with Gasteiger partial charge in [0.25, 0.3) is 0 Å². The Morgan fingerprint density at radius 2 is 1.67 bits per heavy atom. The van der Waals surface area contributed by atoms with E-state index in [-0.39, 0.29) is 23.5 Å². The standard InChI is InChI=1S/C24H39N3O5S/c1-14(2)25-20(29)19(16-10-11-18(28)15(3)12-16)27(23(4,5)6)21(30)17(13-33)26-22(31)32-24(7,8)9/h10-12,14,17,19,28,33H,13H2,1-9H3,(H,25,29)(H,26,31). The highest BCUT2D eigenvalue weighted by Crippen LogP contribution is 2.32. The van der Waals surface area contributed by atoms with Gasteiger partial charge in [0.15, 0.2) is 0 Å². The number of carbonyl (C=O) groups is 3. The SMILES string of the molecule is Cc1cc(C(C(=O)NC(C)C)N(C(=O)C(CS)NC(=O)OC(C)(C)C)C(C)(C)C)ccc1O. The minimum absolute atomic E-state index is 0.0117. The lowest BCUT2D eigenvalue weighted by Crippen LogP contribution is -2.59. The van der Waals surface area contributed by atoms with Crippen LogP contribution in [0.5, 0.6) is 5.75 Å². The predicted octanol–water partition coefficient (Wildman–Crippen LogP) is 3.72. The lowest BCUT2D eigenvalue weighted by molar-refractivity contribution is -0.148. The molecule has 1 rings (SSSR count). The molecule has 0 bridgehead atoms. The highest BCUT2D eigenvalue weighted by atomic mass is 32.1. The van der Waals surface area contributed by atoms with Crippen LogP contribution in [0.15, 0.2) is 18.2 Å². The first-order valence-corrected chi connectivity index (χ1v) is 11.6. The molecule has 2 atom stereocenters. The lowest BCUT2D eigenvalue weighted by atomic mass is 9.94. The number of phenolic OH excluding ortho intramolecular Hbond substituents is 1. The Kier molecular flexibility index (Phi) is 9.66. The normalized spacial score (nSPS) is 13.8. The van der Waals surface area contributed by atoms with Crippen LogP contribution in [0.25, 0.3) is 0 Å². The first kappa shape index (κ1) is 28.6. The van der Waals surface area contributed by atoms with Gasteiger partial charge in [-0.15, -0.1) is 0 Å². The van der Waals surface area contributed by atoms with Gasteiger partial charge in [0.1, 0.15) is 23.4 Å². The molecule has 3 amide bonds. The van der Waals surface area contributed by atoms with Crippen LogP contribution in [0.1, 0.15) is 72.6 Å². The Bertz CT molecular complexity index is 859. The summed E-state index contributed by atoms with van der Waals surface area (Å²) in [4.78, 5) is 40.9. The maximum atomic E-state index is 13.8. The van der Waals surface area contributed by atoms with Crippen molar-refractivity contribution < 1.29 is 24.2 Å². The molecule has 2 unspecified atom stereocenters. The molecule has 0 saturated carbocycles. The number of aromatic hydroxyl groups is 1. The second-order valence-corrected chi connectivity index (χ2v) is 10.7. The Morgan fingerprint density at radius 1 is 1.09 bits per heavy atom. The number of hydrogen-bond acceptors (Lipinski definition) is 6. The molecule has 0 aliphatic carbocycles. The van der Waals surface area contributed by atoms with Crippen molar-refractivity contribution in [1.29, 1.82) is 0 Å². The van der Waals surface area contributed by atoms with E-state index in [2.05, 4.69) is 23.3 Å². The van der Waals surface area contributed by atoms with Gasteiger partial charge >= 0.3 is 6.09 Å². The molecule has 0 aliphatic rings. The molecule has 186 valence electrons. The van der Waals surface area contributed by atoms with E-state index >= 15 is 0 Å². The van der Waals surface area contributed by atoms with E-state index in [1.807, 2.05) is 34.6 Å². The molecular formula is C24H39N3O5S. The van der Waals surface area contributed by atoms with Crippen molar-refractivity contribution in [3.05, 3.63) is 29.3 Å². The van der Waals surface area contributed by atoms with E-state index in [1.165, 1.54) is 11.0 Å². The van der Waals surface area contributed by atoms with Gasteiger partial charge in [0.05, 0.1) is 0 Å². The molecule has 0 fully saturated rings. The Labute approximate surface area is 202 Å². The summed E-state index contributed by atoms with van der Waals surface area (Å²) >= 11 is 4.27. The summed E-state index contributed by atoms with van der Waals surface area (Å²) in [5, 5.41) is 15.4. The number of thiol groups is 1. The molecule has 1 aromatic carbocycles. The van der Waals surface area contributed by atoms with Crippen molar-refractivity contribution in [3.8, 4) is 5.75 Å². The lowest BCUT2D eigenvalue weighted by Gasteiger charge is -2.43. The van der Waals surface area contributed by atoms with Crippen molar-refractivity contribution >= 4 is 30.5 Å². The third kappa shape index (κ3) is 8.46. The van der Waals surface area contributed by atoms with Crippen LogP contribution < -0.4 is 10.6 Å². The third-order valence-electron chi connectivity index (χ3n) is 4.61. The van der Waals surface area contributed by atoms with Crippen molar-refractivity contribution in [2.75, 3.05) is 5.75 Å². The zero-order valence-corrected chi connectivity index (χ0v) is 22.0.